The molecule has 0 aliphatic rings. The number of fused-ring (bicyclic) bond motifs is 1. The van der Waals surface area contributed by atoms with Crippen molar-refractivity contribution in [3.8, 4) is 0 Å². The second-order valence-corrected chi connectivity index (χ2v) is 9.74. The molecule has 0 amide bonds. The third kappa shape index (κ3) is 3.36. The van der Waals surface area contributed by atoms with Crippen LogP contribution in [0.5, 0.6) is 0 Å². The van der Waals surface area contributed by atoms with Crippen molar-refractivity contribution in [2.24, 2.45) is 0 Å². The van der Waals surface area contributed by atoms with Crippen LogP contribution < -0.4 is 4.72 Å². The van der Waals surface area contributed by atoms with Crippen molar-refractivity contribution < 1.29 is 16.8 Å². The van der Waals surface area contributed by atoms with Crippen molar-refractivity contribution in [3.05, 3.63) is 78.4 Å². The summed E-state index contributed by atoms with van der Waals surface area (Å²) in [5.74, 6) is 0. The number of rotatable bonds is 5. The van der Waals surface area contributed by atoms with Gasteiger partial charge in [-0.2, -0.15) is 8.42 Å². The molecule has 1 heterocycles. The van der Waals surface area contributed by atoms with E-state index in [1.807, 2.05) is 0 Å². The zero-order chi connectivity index (χ0) is 20.6. The highest BCUT2D eigenvalue weighted by Gasteiger charge is 2.24. The van der Waals surface area contributed by atoms with Gasteiger partial charge >= 0.3 is 0 Å². The molecule has 29 heavy (non-hydrogen) atoms. The molecule has 0 saturated heterocycles. The Kier molecular flexibility index (Phi) is 4.59. The van der Waals surface area contributed by atoms with E-state index in [9.17, 15) is 16.8 Å². The lowest BCUT2D eigenvalue weighted by Gasteiger charge is -2.11. The summed E-state index contributed by atoms with van der Waals surface area (Å²) in [5, 5.41) is 7.75. The number of benzene rings is 3. The average Bonchev–Trinajstić information content (AvgIpc) is 3.17. The first-order valence-electron chi connectivity index (χ1n) is 8.54. The van der Waals surface area contributed by atoms with Gasteiger partial charge in [0, 0.05) is 0 Å². The Morgan fingerprint density at radius 3 is 2.00 bits per heavy atom. The molecule has 0 spiro atoms. The van der Waals surface area contributed by atoms with Gasteiger partial charge in [0.1, 0.15) is 11.0 Å². The second-order valence-electron chi connectivity index (χ2n) is 6.29. The molecule has 0 bridgehead atoms. The molecule has 1 N–H and O–H groups in total. The van der Waals surface area contributed by atoms with Crippen molar-refractivity contribution >= 4 is 36.8 Å². The molecule has 8 nitrogen and oxygen atoms in total. The van der Waals surface area contributed by atoms with Crippen LogP contribution in [0.4, 0.5) is 5.69 Å². The zero-order valence-electron chi connectivity index (χ0n) is 15.2. The predicted molar refractivity (Wildman–Crippen MR) is 109 cm³/mol. The molecule has 0 aliphatic carbocycles. The Hall–Kier alpha value is -3.24. The standard InChI is InChI=1S/C19H16N4O4S2/c1-14-12-13-17-19(18(14)21-28(24,25)15-8-4-2-5-9-15)20-22-23(17)29(26,27)16-10-6-3-7-11-16/h2-13,21H,1H3. The molecule has 4 rings (SSSR count). The number of hydrogen-bond acceptors (Lipinski definition) is 6. The summed E-state index contributed by atoms with van der Waals surface area (Å²) >= 11 is 0. The van der Waals surface area contributed by atoms with Crippen LogP contribution in [-0.2, 0) is 20.0 Å². The van der Waals surface area contributed by atoms with E-state index >= 15 is 0 Å². The van der Waals surface area contributed by atoms with E-state index in [0.29, 0.717) is 5.56 Å². The summed E-state index contributed by atoms with van der Waals surface area (Å²) in [4.78, 5) is 0.138. The largest absolute Gasteiger partial charge is 0.284 e. The SMILES string of the molecule is Cc1ccc2c(nnn2S(=O)(=O)c2ccccc2)c1NS(=O)(=O)c1ccccc1. The molecule has 1 aromatic heterocycles. The van der Waals surface area contributed by atoms with Crippen molar-refractivity contribution in [2.75, 3.05) is 4.72 Å². The summed E-state index contributed by atoms with van der Waals surface area (Å²) in [6, 6.07) is 18.9. The van der Waals surface area contributed by atoms with Gasteiger partial charge in [0.05, 0.1) is 15.5 Å². The summed E-state index contributed by atoms with van der Waals surface area (Å²) in [6.07, 6.45) is 0. The highest BCUT2D eigenvalue weighted by atomic mass is 32.2. The van der Waals surface area contributed by atoms with Crippen molar-refractivity contribution in [3.63, 3.8) is 0 Å². The third-order valence-corrected chi connectivity index (χ3v) is 7.31. The Labute approximate surface area is 167 Å². The molecule has 148 valence electrons. The van der Waals surface area contributed by atoms with Crippen LogP contribution in [-0.4, -0.2) is 31.2 Å². The monoisotopic (exact) mass is 428 g/mol. The lowest BCUT2D eigenvalue weighted by atomic mass is 10.2. The number of anilines is 1. The first-order chi connectivity index (χ1) is 13.8. The second kappa shape index (κ2) is 6.98. The van der Waals surface area contributed by atoms with Gasteiger partial charge in [-0.05, 0) is 42.8 Å². The van der Waals surface area contributed by atoms with Crippen LogP contribution in [0.1, 0.15) is 5.56 Å². The van der Waals surface area contributed by atoms with Gasteiger partial charge in [0.25, 0.3) is 20.0 Å². The van der Waals surface area contributed by atoms with Crippen LogP contribution >= 0.6 is 0 Å². The smallest absolute Gasteiger partial charge is 0.277 e. The molecule has 10 heteroatoms. The first kappa shape index (κ1) is 19.1. The average molecular weight is 428 g/mol. The molecule has 0 unspecified atom stereocenters. The minimum absolute atomic E-state index is 0.0544. The van der Waals surface area contributed by atoms with Gasteiger partial charge < -0.3 is 0 Å². The zero-order valence-corrected chi connectivity index (χ0v) is 16.9. The Morgan fingerprint density at radius 2 is 1.38 bits per heavy atom. The molecule has 0 radical (unpaired) electrons. The van der Waals surface area contributed by atoms with Gasteiger partial charge in [-0.25, -0.2) is 8.42 Å². The fourth-order valence-corrected chi connectivity index (χ4v) is 5.26. The number of nitrogens with zero attached hydrogens (tertiary/aromatic N) is 3. The normalized spacial score (nSPS) is 12.2. The van der Waals surface area contributed by atoms with E-state index in [4.69, 9.17) is 0 Å². The van der Waals surface area contributed by atoms with E-state index in [1.54, 1.807) is 55.5 Å². The number of sulfonamides is 1. The molecule has 0 fully saturated rings. The van der Waals surface area contributed by atoms with Gasteiger partial charge in [0.2, 0.25) is 0 Å². The molecule has 3 aromatic carbocycles. The number of aromatic nitrogens is 3. The Balaban J connectivity index is 1.85. The minimum Gasteiger partial charge on any atom is -0.277 e. The van der Waals surface area contributed by atoms with Crippen molar-refractivity contribution in [1.29, 1.82) is 0 Å². The van der Waals surface area contributed by atoms with E-state index in [1.165, 1.54) is 24.3 Å². The quantitative estimate of drug-likeness (QED) is 0.523. The van der Waals surface area contributed by atoms with Crippen molar-refractivity contribution in [1.82, 2.24) is 14.4 Å². The van der Waals surface area contributed by atoms with Crippen LogP contribution in [0.2, 0.25) is 0 Å². The lowest BCUT2D eigenvalue weighted by molar-refractivity contribution is 0.579. The van der Waals surface area contributed by atoms with Gasteiger partial charge in [0.15, 0.2) is 0 Å². The topological polar surface area (TPSA) is 111 Å². The molecule has 4 aromatic rings. The molecule has 0 saturated carbocycles. The number of hydrogen-bond donors (Lipinski definition) is 1. The summed E-state index contributed by atoms with van der Waals surface area (Å²) in [7, 11) is -7.86. The fraction of sp³-hybridized carbons (Fsp3) is 0.0526. The van der Waals surface area contributed by atoms with E-state index in [-0.39, 0.29) is 26.5 Å². The fourth-order valence-electron chi connectivity index (χ4n) is 2.86. The van der Waals surface area contributed by atoms with Crippen LogP contribution in [0.3, 0.4) is 0 Å². The minimum atomic E-state index is -3.98. The van der Waals surface area contributed by atoms with Gasteiger partial charge in [-0.3, -0.25) is 4.72 Å². The van der Waals surface area contributed by atoms with Crippen molar-refractivity contribution in [2.45, 2.75) is 16.7 Å². The molecule has 0 aliphatic heterocycles. The number of nitrogens with one attached hydrogen (secondary N) is 1. The van der Waals surface area contributed by atoms with Crippen LogP contribution in [0, 0.1) is 6.92 Å². The maximum Gasteiger partial charge on any atom is 0.284 e. The highest BCUT2D eigenvalue weighted by molar-refractivity contribution is 7.92. The predicted octanol–water partition coefficient (Wildman–Crippen LogP) is 2.78. The Bertz CT molecular complexity index is 1400. The summed E-state index contributed by atoms with van der Waals surface area (Å²) < 4.78 is 54.7. The summed E-state index contributed by atoms with van der Waals surface area (Å²) in [5.41, 5.74) is 1.08. The lowest BCUT2D eigenvalue weighted by Crippen LogP contribution is -2.15. The maximum absolute atomic E-state index is 12.9. The number of aryl methyl sites for hydroxylation is 1. The van der Waals surface area contributed by atoms with E-state index in [2.05, 4.69) is 15.0 Å². The van der Waals surface area contributed by atoms with Crippen LogP contribution in [0.15, 0.2) is 82.6 Å². The van der Waals surface area contributed by atoms with Gasteiger partial charge in [-0.15, -0.1) is 9.19 Å². The van der Waals surface area contributed by atoms with E-state index in [0.717, 1.165) is 4.09 Å². The third-order valence-electron chi connectivity index (χ3n) is 4.36. The first-order valence-corrected chi connectivity index (χ1v) is 11.5. The highest BCUT2D eigenvalue weighted by Crippen LogP contribution is 2.29. The van der Waals surface area contributed by atoms with Gasteiger partial charge in [-0.1, -0.05) is 47.7 Å². The molecular formula is C19H16N4O4S2. The summed E-state index contributed by atoms with van der Waals surface area (Å²) in [6.45, 7) is 1.70. The van der Waals surface area contributed by atoms with Crippen LogP contribution in [0.25, 0.3) is 11.0 Å². The Morgan fingerprint density at radius 1 is 0.793 bits per heavy atom. The molecule has 0 atom stereocenters. The molecular weight excluding hydrogens is 412 g/mol. The van der Waals surface area contributed by atoms with E-state index < -0.39 is 20.0 Å². The maximum atomic E-state index is 12.9.